The van der Waals surface area contributed by atoms with E-state index < -0.39 is 29.7 Å². The second kappa shape index (κ2) is 15.5. The Bertz CT molecular complexity index is 2130. The SMILES string of the molecule is CN1C[C@@H](Nc2cnn(C)c(=O)c2Br)C[C@@H](c2ccc(C(=O)N3CCC(N4CCN(c5ccc6c(c5)C(=O)N(C5CCC(=O)NC5=O)C6=O)CC4)CC3)cc2)C1. The number of nitrogens with zero attached hydrogens (tertiary/aromatic N) is 7. The number of anilines is 2. The van der Waals surface area contributed by atoms with Crippen LogP contribution in [0.4, 0.5) is 11.4 Å². The molecule has 4 saturated heterocycles. The number of hydrogen-bond acceptors (Lipinski definition) is 11. The summed E-state index contributed by atoms with van der Waals surface area (Å²) in [6.45, 7) is 6.36. The second-order valence-electron chi connectivity index (χ2n) is 15.6. The Balaban J connectivity index is 0.819. The summed E-state index contributed by atoms with van der Waals surface area (Å²) in [6.07, 6.45) is 4.58. The largest absolute Gasteiger partial charge is 0.379 e. The van der Waals surface area contributed by atoms with Gasteiger partial charge < -0.3 is 20.0 Å². The zero-order valence-electron chi connectivity index (χ0n) is 31.6. The first-order chi connectivity index (χ1) is 26.9. The predicted molar refractivity (Wildman–Crippen MR) is 212 cm³/mol. The van der Waals surface area contributed by atoms with Crippen LogP contribution in [0.3, 0.4) is 0 Å². The van der Waals surface area contributed by atoms with Crippen LogP contribution in [0.25, 0.3) is 0 Å². The summed E-state index contributed by atoms with van der Waals surface area (Å²) in [5.74, 6) is -1.68. The summed E-state index contributed by atoms with van der Waals surface area (Å²) in [7, 11) is 3.73. The van der Waals surface area contributed by atoms with Gasteiger partial charge in [-0.25, -0.2) is 4.68 Å². The fraction of sp³-hybridized carbons (Fsp3) is 0.475. The number of fused-ring (bicyclic) bond motifs is 1. The van der Waals surface area contributed by atoms with Gasteiger partial charge in [-0.2, -0.15) is 5.10 Å². The van der Waals surface area contributed by atoms with Gasteiger partial charge in [0, 0.05) is 89.2 Å². The summed E-state index contributed by atoms with van der Waals surface area (Å²) in [4.78, 5) is 86.5. The van der Waals surface area contributed by atoms with Gasteiger partial charge in [0.1, 0.15) is 10.5 Å². The molecule has 2 aromatic carbocycles. The van der Waals surface area contributed by atoms with Crippen LogP contribution in [-0.4, -0.2) is 136 Å². The van der Waals surface area contributed by atoms with Crippen molar-refractivity contribution in [1.82, 2.24) is 34.7 Å². The number of aryl methyl sites for hydroxylation is 1. The van der Waals surface area contributed by atoms with Gasteiger partial charge >= 0.3 is 0 Å². The van der Waals surface area contributed by atoms with Crippen molar-refractivity contribution in [3.8, 4) is 0 Å². The third-order valence-electron chi connectivity index (χ3n) is 12.1. The third-order valence-corrected chi connectivity index (χ3v) is 12.8. The van der Waals surface area contributed by atoms with E-state index in [2.05, 4.69) is 65.5 Å². The van der Waals surface area contributed by atoms with Gasteiger partial charge in [-0.05, 0) is 90.5 Å². The maximum absolute atomic E-state index is 13.6. The highest BCUT2D eigenvalue weighted by atomic mass is 79.9. The minimum absolute atomic E-state index is 0.0592. The Kier molecular flexibility index (Phi) is 10.5. The van der Waals surface area contributed by atoms with Crippen molar-refractivity contribution in [3.05, 3.63) is 85.7 Å². The minimum atomic E-state index is -0.983. The number of aromatic nitrogens is 2. The average Bonchev–Trinajstić information content (AvgIpc) is 3.45. The van der Waals surface area contributed by atoms with Crippen LogP contribution in [0.5, 0.6) is 0 Å². The summed E-state index contributed by atoms with van der Waals surface area (Å²) in [5.41, 5.74) is 3.83. The number of nitrogens with one attached hydrogen (secondary N) is 2. The highest BCUT2D eigenvalue weighted by molar-refractivity contribution is 9.10. The van der Waals surface area contributed by atoms with Crippen LogP contribution < -0.4 is 21.1 Å². The van der Waals surface area contributed by atoms with E-state index in [-0.39, 0.29) is 41.8 Å². The number of carbonyl (C=O) groups is 5. The topological polar surface area (TPSA) is 160 Å². The normalized spacial score (nSPS) is 24.1. The van der Waals surface area contributed by atoms with Crippen LogP contribution in [0.1, 0.15) is 74.7 Å². The Labute approximate surface area is 333 Å². The Morgan fingerprint density at radius 3 is 2.29 bits per heavy atom. The molecule has 15 nitrogen and oxygen atoms in total. The lowest BCUT2D eigenvalue weighted by Gasteiger charge is -2.43. The zero-order chi connectivity index (χ0) is 39.2. The van der Waals surface area contributed by atoms with E-state index in [1.807, 2.05) is 23.1 Å². The van der Waals surface area contributed by atoms with Gasteiger partial charge in [0.25, 0.3) is 23.3 Å². The Morgan fingerprint density at radius 2 is 1.57 bits per heavy atom. The minimum Gasteiger partial charge on any atom is -0.379 e. The van der Waals surface area contributed by atoms with Gasteiger partial charge in [0.05, 0.1) is 23.0 Å². The van der Waals surface area contributed by atoms with Crippen molar-refractivity contribution in [2.24, 2.45) is 7.05 Å². The first-order valence-electron chi connectivity index (χ1n) is 19.4. The van der Waals surface area contributed by atoms with E-state index in [0.717, 1.165) is 69.1 Å². The molecule has 294 valence electrons. The zero-order valence-corrected chi connectivity index (χ0v) is 33.2. The molecular formula is C40H46BrN9O6. The molecule has 0 radical (unpaired) electrons. The van der Waals surface area contributed by atoms with E-state index in [4.69, 9.17) is 0 Å². The first kappa shape index (κ1) is 38.0. The molecule has 2 N–H and O–H groups in total. The van der Waals surface area contributed by atoms with E-state index in [9.17, 15) is 28.8 Å². The second-order valence-corrected chi connectivity index (χ2v) is 16.4. The smallest absolute Gasteiger partial charge is 0.282 e. The van der Waals surface area contributed by atoms with Gasteiger partial charge in [0.15, 0.2) is 0 Å². The summed E-state index contributed by atoms with van der Waals surface area (Å²) in [5, 5.41) is 9.91. The summed E-state index contributed by atoms with van der Waals surface area (Å²) >= 11 is 3.42. The van der Waals surface area contributed by atoms with Gasteiger partial charge in [-0.1, -0.05) is 12.1 Å². The van der Waals surface area contributed by atoms with Gasteiger partial charge in [0.2, 0.25) is 11.8 Å². The van der Waals surface area contributed by atoms with Crippen molar-refractivity contribution >= 4 is 56.8 Å². The molecule has 4 fully saturated rings. The Morgan fingerprint density at radius 1 is 0.857 bits per heavy atom. The third kappa shape index (κ3) is 7.37. The van der Waals surface area contributed by atoms with E-state index in [1.54, 1.807) is 25.4 Å². The maximum atomic E-state index is 13.6. The van der Waals surface area contributed by atoms with E-state index >= 15 is 0 Å². The van der Waals surface area contributed by atoms with Crippen LogP contribution in [0.15, 0.2) is 57.9 Å². The molecule has 3 aromatic rings. The number of benzene rings is 2. The van der Waals surface area contributed by atoms with E-state index in [1.165, 1.54) is 10.2 Å². The molecule has 6 heterocycles. The lowest BCUT2D eigenvalue weighted by atomic mass is 9.87. The number of hydrogen-bond donors (Lipinski definition) is 2. The quantitative estimate of drug-likeness (QED) is 0.337. The number of piperazine rings is 1. The molecule has 5 aliphatic heterocycles. The molecule has 16 heteroatoms. The molecular weight excluding hydrogens is 782 g/mol. The lowest BCUT2D eigenvalue weighted by Crippen LogP contribution is -2.54. The number of amides is 5. The number of likely N-dealkylation sites (N-methyl/N-ethyl adjacent to an activating group) is 1. The molecule has 5 aliphatic rings. The van der Waals surface area contributed by atoms with E-state index in [0.29, 0.717) is 40.4 Å². The number of piperidine rings is 3. The van der Waals surface area contributed by atoms with Gasteiger partial charge in [-0.15, -0.1) is 0 Å². The molecule has 56 heavy (non-hydrogen) atoms. The van der Waals surface area contributed by atoms with Crippen LogP contribution in [0, 0.1) is 0 Å². The number of imide groups is 2. The van der Waals surface area contributed by atoms with Crippen molar-refractivity contribution in [3.63, 3.8) is 0 Å². The molecule has 1 aromatic heterocycles. The monoisotopic (exact) mass is 827 g/mol. The van der Waals surface area contributed by atoms with Crippen molar-refractivity contribution < 1.29 is 24.0 Å². The van der Waals surface area contributed by atoms with Crippen LogP contribution >= 0.6 is 15.9 Å². The van der Waals surface area contributed by atoms with Gasteiger partial charge in [-0.3, -0.25) is 43.9 Å². The summed E-state index contributed by atoms with van der Waals surface area (Å²) in [6, 6.07) is 12.9. The standard InChI is InChI=1S/C40H46BrN9O6/c1-45-22-26(19-27(23-45)43-32-21-42-46(2)40(56)35(32)41)24-3-5-25(6-4-24)37(53)49-13-11-28(12-14-49)47-15-17-48(18-16-47)29-7-8-30-31(20-29)39(55)50(38(30)54)33-9-10-34(51)44-36(33)52/h3-8,20-21,26-28,33,43H,9-19,22-23H2,1-2H3,(H,44,51,52)/t26-,27+,33?/m1/s1. The molecule has 0 saturated carbocycles. The molecule has 0 aliphatic carbocycles. The highest BCUT2D eigenvalue weighted by Gasteiger charge is 2.45. The van der Waals surface area contributed by atoms with Crippen molar-refractivity contribution in [1.29, 1.82) is 0 Å². The molecule has 3 atom stereocenters. The predicted octanol–water partition coefficient (Wildman–Crippen LogP) is 2.27. The highest BCUT2D eigenvalue weighted by Crippen LogP contribution is 2.33. The van der Waals surface area contributed by atoms with Crippen molar-refractivity contribution in [2.75, 3.05) is 69.6 Å². The molecule has 5 amide bonds. The molecule has 8 rings (SSSR count). The number of rotatable bonds is 7. The number of halogens is 1. The van der Waals surface area contributed by atoms with Crippen LogP contribution in [-0.2, 0) is 16.6 Å². The first-order valence-corrected chi connectivity index (χ1v) is 20.1. The lowest BCUT2D eigenvalue weighted by molar-refractivity contribution is -0.136. The van der Waals surface area contributed by atoms with Crippen molar-refractivity contribution in [2.45, 2.75) is 56.1 Å². The summed E-state index contributed by atoms with van der Waals surface area (Å²) < 4.78 is 1.78. The average molecular weight is 829 g/mol. The molecule has 0 spiro atoms. The molecule has 0 bridgehead atoms. The fourth-order valence-corrected chi connectivity index (χ4v) is 9.49. The number of likely N-dealkylation sites (tertiary alicyclic amines) is 2. The number of carbonyl (C=O) groups excluding carboxylic acids is 5. The van der Waals surface area contributed by atoms with Crippen LogP contribution in [0.2, 0.25) is 0 Å². The Hall–Kier alpha value is -4.93. The fourth-order valence-electron chi connectivity index (χ4n) is 9.01. The maximum Gasteiger partial charge on any atom is 0.282 e. The molecule has 1 unspecified atom stereocenters.